The van der Waals surface area contributed by atoms with Crippen LogP contribution >= 0.6 is 15.9 Å². The fraction of sp³-hybridized carbons (Fsp3) is 0.158. The van der Waals surface area contributed by atoms with Crippen LogP contribution in [0.15, 0.2) is 57.6 Å². The monoisotopic (exact) mass is 401 g/mol. The van der Waals surface area contributed by atoms with Crippen LogP contribution in [0.5, 0.6) is 0 Å². The van der Waals surface area contributed by atoms with Gasteiger partial charge in [0.1, 0.15) is 5.58 Å². The summed E-state index contributed by atoms with van der Waals surface area (Å²) in [5.74, 6) is -0.539. The van der Waals surface area contributed by atoms with Crippen molar-refractivity contribution in [1.29, 1.82) is 0 Å². The standard InChI is InChI=1S/C19H16BrNO4/c1-2-24-19(23)12-3-6-15(7-4-12)21-18(22)9-13-11-25-17-8-5-14(20)10-16(13)17/h3-8,10-11H,2,9H2,1H3,(H,21,22). The van der Waals surface area contributed by atoms with E-state index >= 15 is 0 Å². The summed E-state index contributed by atoms with van der Waals surface area (Å²) in [6, 6.07) is 12.3. The second kappa shape index (κ2) is 7.53. The van der Waals surface area contributed by atoms with E-state index in [2.05, 4.69) is 21.2 Å². The van der Waals surface area contributed by atoms with E-state index in [1.54, 1.807) is 37.5 Å². The van der Waals surface area contributed by atoms with E-state index in [4.69, 9.17) is 9.15 Å². The fourth-order valence-corrected chi connectivity index (χ4v) is 2.83. The maximum absolute atomic E-state index is 12.3. The predicted octanol–water partition coefficient (Wildman–Crippen LogP) is 4.55. The number of amides is 1. The molecule has 0 saturated heterocycles. The maximum atomic E-state index is 12.3. The summed E-state index contributed by atoms with van der Waals surface area (Å²) < 4.78 is 11.3. The van der Waals surface area contributed by atoms with Crippen LogP contribution < -0.4 is 5.32 Å². The summed E-state index contributed by atoms with van der Waals surface area (Å²) >= 11 is 3.42. The van der Waals surface area contributed by atoms with Gasteiger partial charge in [-0.3, -0.25) is 4.79 Å². The molecule has 0 aliphatic rings. The highest BCUT2D eigenvalue weighted by molar-refractivity contribution is 9.10. The fourth-order valence-electron chi connectivity index (χ4n) is 2.47. The highest BCUT2D eigenvalue weighted by Crippen LogP contribution is 2.25. The summed E-state index contributed by atoms with van der Waals surface area (Å²) in [5, 5.41) is 3.72. The van der Waals surface area contributed by atoms with Crippen molar-refractivity contribution in [3.63, 3.8) is 0 Å². The molecule has 25 heavy (non-hydrogen) atoms. The zero-order chi connectivity index (χ0) is 17.8. The molecule has 1 N–H and O–H groups in total. The summed E-state index contributed by atoms with van der Waals surface area (Å²) in [6.45, 7) is 2.08. The van der Waals surface area contributed by atoms with Crippen molar-refractivity contribution in [3.05, 3.63) is 64.3 Å². The molecule has 6 heteroatoms. The molecular formula is C19H16BrNO4. The molecule has 0 aliphatic heterocycles. The highest BCUT2D eigenvalue weighted by atomic mass is 79.9. The summed E-state index contributed by atoms with van der Waals surface area (Å²) in [5.41, 5.74) is 2.62. The molecule has 1 heterocycles. The van der Waals surface area contributed by atoms with Crippen LogP contribution in [0.2, 0.25) is 0 Å². The molecule has 0 atom stereocenters. The number of nitrogens with one attached hydrogen (secondary N) is 1. The molecule has 0 radical (unpaired) electrons. The molecule has 1 aromatic heterocycles. The van der Waals surface area contributed by atoms with Gasteiger partial charge < -0.3 is 14.5 Å². The number of anilines is 1. The largest absolute Gasteiger partial charge is 0.464 e. The lowest BCUT2D eigenvalue weighted by Gasteiger charge is -2.06. The molecule has 0 saturated carbocycles. The third-order valence-corrected chi connectivity index (χ3v) is 4.14. The van der Waals surface area contributed by atoms with Crippen molar-refractivity contribution < 1.29 is 18.7 Å². The van der Waals surface area contributed by atoms with Gasteiger partial charge in [-0.15, -0.1) is 0 Å². The minimum Gasteiger partial charge on any atom is -0.464 e. The number of benzene rings is 2. The number of ether oxygens (including phenoxy) is 1. The third kappa shape index (κ3) is 4.09. The Balaban J connectivity index is 1.67. The van der Waals surface area contributed by atoms with E-state index in [-0.39, 0.29) is 18.3 Å². The molecule has 3 rings (SSSR count). The van der Waals surface area contributed by atoms with Crippen LogP contribution in [-0.4, -0.2) is 18.5 Å². The van der Waals surface area contributed by atoms with Crippen LogP contribution in [0.1, 0.15) is 22.8 Å². The lowest BCUT2D eigenvalue weighted by Crippen LogP contribution is -2.14. The van der Waals surface area contributed by atoms with Gasteiger partial charge in [-0.1, -0.05) is 15.9 Å². The quantitative estimate of drug-likeness (QED) is 0.636. The molecule has 2 aromatic carbocycles. The van der Waals surface area contributed by atoms with Gasteiger partial charge >= 0.3 is 5.97 Å². The number of carbonyl (C=O) groups excluding carboxylic acids is 2. The number of rotatable bonds is 5. The van der Waals surface area contributed by atoms with Gasteiger partial charge in [0.2, 0.25) is 5.91 Å². The van der Waals surface area contributed by atoms with Crippen LogP contribution in [0.3, 0.4) is 0 Å². The van der Waals surface area contributed by atoms with Crippen LogP contribution in [-0.2, 0) is 16.0 Å². The van der Waals surface area contributed by atoms with E-state index in [0.29, 0.717) is 17.9 Å². The SMILES string of the molecule is CCOC(=O)c1ccc(NC(=O)Cc2coc3ccc(Br)cc23)cc1. The van der Waals surface area contributed by atoms with E-state index in [1.807, 2.05) is 18.2 Å². The van der Waals surface area contributed by atoms with Gasteiger partial charge in [-0.25, -0.2) is 4.79 Å². The van der Waals surface area contributed by atoms with Gasteiger partial charge in [-0.05, 0) is 49.4 Å². The van der Waals surface area contributed by atoms with Gasteiger partial charge in [0, 0.05) is 21.1 Å². The van der Waals surface area contributed by atoms with Crippen LogP contribution in [0, 0.1) is 0 Å². The molecule has 1 amide bonds. The number of halogens is 1. The van der Waals surface area contributed by atoms with Crippen molar-refractivity contribution in [2.75, 3.05) is 11.9 Å². The Hall–Kier alpha value is -2.60. The first-order valence-corrected chi connectivity index (χ1v) is 8.59. The first kappa shape index (κ1) is 17.2. The number of hydrogen-bond acceptors (Lipinski definition) is 4. The zero-order valence-corrected chi connectivity index (χ0v) is 15.1. The second-order valence-corrected chi connectivity index (χ2v) is 6.34. The molecule has 0 fully saturated rings. The Morgan fingerprint density at radius 3 is 2.64 bits per heavy atom. The van der Waals surface area contributed by atoms with Gasteiger partial charge in [-0.2, -0.15) is 0 Å². The zero-order valence-electron chi connectivity index (χ0n) is 13.5. The molecular weight excluding hydrogens is 386 g/mol. The molecule has 3 aromatic rings. The van der Waals surface area contributed by atoms with Crippen molar-refractivity contribution in [2.24, 2.45) is 0 Å². The van der Waals surface area contributed by atoms with Gasteiger partial charge in [0.05, 0.1) is 24.9 Å². The van der Waals surface area contributed by atoms with Gasteiger partial charge in [0.15, 0.2) is 0 Å². The Morgan fingerprint density at radius 2 is 1.92 bits per heavy atom. The Kier molecular flexibility index (Phi) is 5.19. The first-order chi connectivity index (χ1) is 12.1. The summed E-state index contributed by atoms with van der Waals surface area (Å²) in [6.07, 6.45) is 1.80. The topological polar surface area (TPSA) is 68.5 Å². The molecule has 0 aliphatic carbocycles. The van der Waals surface area contributed by atoms with Crippen molar-refractivity contribution in [3.8, 4) is 0 Å². The minimum atomic E-state index is -0.379. The highest BCUT2D eigenvalue weighted by Gasteiger charge is 2.12. The number of fused-ring (bicyclic) bond motifs is 1. The lowest BCUT2D eigenvalue weighted by atomic mass is 10.1. The van der Waals surface area contributed by atoms with Crippen molar-refractivity contribution >= 4 is 44.5 Å². The average Bonchev–Trinajstić information content (AvgIpc) is 2.97. The van der Waals surface area contributed by atoms with Gasteiger partial charge in [0.25, 0.3) is 0 Å². The number of hydrogen-bond donors (Lipinski definition) is 1. The molecule has 0 spiro atoms. The van der Waals surface area contributed by atoms with Crippen molar-refractivity contribution in [1.82, 2.24) is 0 Å². The van der Waals surface area contributed by atoms with Crippen molar-refractivity contribution in [2.45, 2.75) is 13.3 Å². The first-order valence-electron chi connectivity index (χ1n) is 7.79. The maximum Gasteiger partial charge on any atom is 0.338 e. The number of esters is 1. The minimum absolute atomic E-state index is 0.161. The Morgan fingerprint density at radius 1 is 1.16 bits per heavy atom. The predicted molar refractivity (Wildman–Crippen MR) is 98.6 cm³/mol. The number of carbonyl (C=O) groups is 2. The normalized spacial score (nSPS) is 10.6. The summed E-state index contributed by atoms with van der Waals surface area (Å²) in [7, 11) is 0. The summed E-state index contributed by atoms with van der Waals surface area (Å²) in [4.78, 5) is 23.9. The lowest BCUT2D eigenvalue weighted by molar-refractivity contribution is -0.115. The average molecular weight is 402 g/mol. The molecule has 0 unspecified atom stereocenters. The Labute approximate surface area is 153 Å². The number of furan rings is 1. The van der Waals surface area contributed by atoms with E-state index in [1.165, 1.54) is 0 Å². The van der Waals surface area contributed by atoms with E-state index in [0.717, 1.165) is 21.0 Å². The second-order valence-electron chi connectivity index (χ2n) is 5.42. The third-order valence-electron chi connectivity index (χ3n) is 3.65. The van der Waals surface area contributed by atoms with E-state index < -0.39 is 0 Å². The smallest absolute Gasteiger partial charge is 0.338 e. The Bertz CT molecular complexity index is 915. The molecule has 128 valence electrons. The van der Waals surface area contributed by atoms with E-state index in [9.17, 15) is 9.59 Å². The molecule has 0 bridgehead atoms. The van der Waals surface area contributed by atoms with Crippen LogP contribution in [0.4, 0.5) is 5.69 Å². The van der Waals surface area contributed by atoms with Crippen LogP contribution in [0.25, 0.3) is 11.0 Å². The molecule has 5 nitrogen and oxygen atoms in total.